The van der Waals surface area contributed by atoms with Crippen molar-refractivity contribution in [3.05, 3.63) is 48.0 Å². The number of rotatable bonds is 12. The summed E-state index contributed by atoms with van der Waals surface area (Å²) in [6.07, 6.45) is 2.13. The molecule has 0 amide bonds. The maximum absolute atomic E-state index is 13.1. The molecule has 1 unspecified atom stereocenters. The fourth-order valence-corrected chi connectivity index (χ4v) is 6.89. The number of ether oxygens (including phenoxy) is 1. The van der Waals surface area contributed by atoms with E-state index in [0.29, 0.717) is 5.92 Å². The van der Waals surface area contributed by atoms with Crippen molar-refractivity contribution in [2.75, 3.05) is 13.2 Å². The minimum atomic E-state index is -2.89. The van der Waals surface area contributed by atoms with Gasteiger partial charge in [-0.15, -0.1) is 0 Å². The summed E-state index contributed by atoms with van der Waals surface area (Å²) in [5.41, 5.74) is 2.30. The molecule has 0 fully saturated rings. The van der Waals surface area contributed by atoms with Gasteiger partial charge in [-0.1, -0.05) is 72.4 Å². The van der Waals surface area contributed by atoms with Crippen LogP contribution in [-0.4, -0.2) is 33.7 Å². The number of carbonyl (C=O) groups excluding carboxylic acids is 2. The normalized spacial score (nSPS) is 12.9. The number of hydrogen-bond acceptors (Lipinski definition) is 5. The second-order valence-electron chi connectivity index (χ2n) is 8.73. The molecule has 0 heterocycles. The molecule has 1 atom stereocenters. The van der Waals surface area contributed by atoms with E-state index in [4.69, 9.17) is 13.6 Å². The van der Waals surface area contributed by atoms with Crippen LogP contribution >= 0.6 is 0 Å². The third kappa shape index (κ3) is 7.40. The minimum absolute atomic E-state index is 0.0529. The van der Waals surface area contributed by atoms with Gasteiger partial charge in [0.05, 0.1) is 12.5 Å². The second kappa shape index (κ2) is 12.1. The van der Waals surface area contributed by atoms with Crippen molar-refractivity contribution in [1.29, 1.82) is 0 Å². The Bertz CT molecular complexity index is 686. The van der Waals surface area contributed by atoms with Crippen LogP contribution in [0.2, 0.25) is 11.1 Å². The monoisotopic (exact) mass is 434 g/mol. The quantitative estimate of drug-likeness (QED) is 0.187. The molecule has 6 heteroatoms. The zero-order valence-electron chi connectivity index (χ0n) is 19.6. The second-order valence-corrected chi connectivity index (χ2v) is 13.0. The van der Waals surface area contributed by atoms with E-state index in [1.165, 1.54) is 5.56 Å². The van der Waals surface area contributed by atoms with Crippen LogP contribution in [0.3, 0.4) is 0 Å². The molecule has 0 bridgehead atoms. The zero-order valence-corrected chi connectivity index (χ0v) is 20.6. The van der Waals surface area contributed by atoms with Gasteiger partial charge in [0.1, 0.15) is 6.61 Å². The van der Waals surface area contributed by atoms with E-state index in [0.717, 1.165) is 18.1 Å². The van der Waals surface area contributed by atoms with Gasteiger partial charge < -0.3 is 13.6 Å². The third-order valence-corrected chi connectivity index (χ3v) is 9.56. The molecule has 1 rings (SSSR count). The molecule has 0 aliphatic rings. The van der Waals surface area contributed by atoms with Crippen molar-refractivity contribution in [2.24, 2.45) is 5.92 Å². The van der Waals surface area contributed by atoms with Crippen LogP contribution in [0.5, 0.6) is 0 Å². The molecule has 0 aliphatic heterocycles. The smallest absolute Gasteiger partial charge is 0.406 e. The van der Waals surface area contributed by atoms with Gasteiger partial charge in [-0.2, -0.15) is 0 Å². The van der Waals surface area contributed by atoms with Crippen LogP contribution in [-0.2, 0) is 29.6 Å². The molecule has 0 aliphatic carbocycles. The number of carbonyl (C=O) groups is 2. The summed E-state index contributed by atoms with van der Waals surface area (Å²) in [4.78, 5) is 24.3. The first-order chi connectivity index (χ1) is 14.0. The Labute approximate surface area is 183 Å². The topological polar surface area (TPSA) is 61.8 Å². The molecule has 0 spiro atoms. The summed E-state index contributed by atoms with van der Waals surface area (Å²) in [5.74, 6) is -0.565. The molecular weight excluding hydrogens is 396 g/mol. The summed E-state index contributed by atoms with van der Waals surface area (Å²) >= 11 is 0. The van der Waals surface area contributed by atoms with Gasteiger partial charge in [0.15, 0.2) is 0 Å². The van der Waals surface area contributed by atoms with Crippen LogP contribution in [0.1, 0.15) is 65.5 Å². The lowest BCUT2D eigenvalue weighted by atomic mass is 9.97. The van der Waals surface area contributed by atoms with E-state index < -0.39 is 14.5 Å². The van der Waals surface area contributed by atoms with E-state index in [9.17, 15) is 9.59 Å². The number of hydrogen-bond donors (Lipinski definition) is 0. The van der Waals surface area contributed by atoms with Crippen LogP contribution in [0.4, 0.5) is 0 Å². The predicted octanol–water partition coefficient (Wildman–Crippen LogP) is 5.54. The lowest BCUT2D eigenvalue weighted by molar-refractivity contribution is -0.141. The molecule has 168 valence electrons. The Morgan fingerprint density at radius 1 is 0.967 bits per heavy atom. The van der Waals surface area contributed by atoms with E-state index in [-0.39, 0.29) is 36.2 Å². The molecule has 0 radical (unpaired) electrons. The molecule has 0 N–H and O–H groups in total. The van der Waals surface area contributed by atoms with E-state index in [1.807, 2.05) is 46.8 Å². The van der Waals surface area contributed by atoms with E-state index in [1.54, 1.807) is 0 Å². The first kappa shape index (κ1) is 26.1. The largest absolute Gasteiger partial charge is 0.493 e. The van der Waals surface area contributed by atoms with Crippen LogP contribution < -0.4 is 0 Å². The first-order valence-electron chi connectivity index (χ1n) is 10.8. The van der Waals surface area contributed by atoms with Crippen LogP contribution in [0.25, 0.3) is 0 Å². The van der Waals surface area contributed by atoms with Crippen molar-refractivity contribution in [3.63, 3.8) is 0 Å². The first-order valence-corrected chi connectivity index (χ1v) is 12.7. The number of benzene rings is 1. The van der Waals surface area contributed by atoms with Gasteiger partial charge in [-0.05, 0) is 30.4 Å². The number of esters is 1. The summed E-state index contributed by atoms with van der Waals surface area (Å²) in [6.45, 7) is 18.0. The fraction of sp³-hybridized carbons (Fsp3) is 0.583. The van der Waals surface area contributed by atoms with Gasteiger partial charge in [0, 0.05) is 17.2 Å². The highest BCUT2D eigenvalue weighted by atomic mass is 28.4. The molecule has 0 saturated heterocycles. The lowest BCUT2D eigenvalue weighted by Crippen LogP contribution is -2.51. The predicted molar refractivity (Wildman–Crippen MR) is 123 cm³/mol. The van der Waals surface area contributed by atoms with Gasteiger partial charge in [-0.25, -0.2) is 4.79 Å². The van der Waals surface area contributed by atoms with Crippen molar-refractivity contribution in [3.8, 4) is 0 Å². The lowest BCUT2D eigenvalue weighted by Gasteiger charge is -2.37. The fourth-order valence-electron chi connectivity index (χ4n) is 3.46. The minimum Gasteiger partial charge on any atom is -0.493 e. The Morgan fingerprint density at radius 2 is 1.53 bits per heavy atom. The van der Waals surface area contributed by atoms with Crippen molar-refractivity contribution in [1.82, 2.24) is 0 Å². The average Bonchev–Trinajstić information content (AvgIpc) is 2.68. The van der Waals surface area contributed by atoms with Gasteiger partial charge >= 0.3 is 20.5 Å². The Morgan fingerprint density at radius 3 is 2.00 bits per heavy atom. The standard InChI is InChI=1S/C24H38O5Si/c1-9-23(25)27-14-15-28-30(18(4)5,19(6)7)29-24(26)20(8)22-12-10-21(11-13-22)16-17(2)3/h9-13,17-20H,1,14-16H2,2-8H3. The van der Waals surface area contributed by atoms with Crippen molar-refractivity contribution >= 4 is 20.5 Å². The SMILES string of the molecule is C=CC(=O)OCCO[Si](OC(=O)C(C)c1ccc(CC(C)C)cc1)(C(C)C)C(C)C. The highest BCUT2D eigenvalue weighted by molar-refractivity contribution is 6.71. The highest BCUT2D eigenvalue weighted by Crippen LogP contribution is 2.36. The average molecular weight is 435 g/mol. The summed E-state index contributed by atoms with van der Waals surface area (Å²) in [6, 6.07) is 8.18. The molecule has 30 heavy (non-hydrogen) atoms. The van der Waals surface area contributed by atoms with E-state index in [2.05, 4.69) is 32.6 Å². The van der Waals surface area contributed by atoms with Gasteiger partial charge in [0.2, 0.25) is 0 Å². The maximum Gasteiger partial charge on any atom is 0.406 e. The van der Waals surface area contributed by atoms with Gasteiger partial charge in [-0.3, -0.25) is 4.79 Å². The van der Waals surface area contributed by atoms with E-state index >= 15 is 0 Å². The Hall–Kier alpha value is -1.92. The molecule has 1 aromatic carbocycles. The highest BCUT2D eigenvalue weighted by Gasteiger charge is 2.49. The maximum atomic E-state index is 13.1. The summed E-state index contributed by atoms with van der Waals surface area (Å²) in [5, 5.41) is 0. The summed E-state index contributed by atoms with van der Waals surface area (Å²) < 4.78 is 17.3. The van der Waals surface area contributed by atoms with Crippen molar-refractivity contribution < 1.29 is 23.2 Å². The van der Waals surface area contributed by atoms with Gasteiger partial charge in [0.25, 0.3) is 0 Å². The Kier molecular flexibility index (Phi) is 10.5. The van der Waals surface area contributed by atoms with Crippen LogP contribution in [0.15, 0.2) is 36.9 Å². The summed E-state index contributed by atoms with van der Waals surface area (Å²) in [7, 11) is -2.89. The molecular formula is C24H38O5Si. The Balaban J connectivity index is 2.89. The molecule has 5 nitrogen and oxygen atoms in total. The molecule has 0 aromatic heterocycles. The molecule has 0 saturated carbocycles. The van der Waals surface area contributed by atoms with Crippen molar-refractivity contribution in [2.45, 2.75) is 71.9 Å². The zero-order chi connectivity index (χ0) is 22.9. The molecule has 1 aromatic rings. The van der Waals surface area contributed by atoms with Crippen LogP contribution in [0, 0.1) is 5.92 Å². The third-order valence-electron chi connectivity index (χ3n) is 5.17.